The molecule has 1 aliphatic rings. The number of hydrogen-bond acceptors (Lipinski definition) is 4. The van der Waals surface area contributed by atoms with Gasteiger partial charge in [0.15, 0.2) is 11.5 Å². The summed E-state index contributed by atoms with van der Waals surface area (Å²) >= 11 is 0. The highest BCUT2D eigenvalue weighted by Crippen LogP contribution is 2.47. The van der Waals surface area contributed by atoms with Gasteiger partial charge in [-0.1, -0.05) is 30.3 Å². The molecule has 0 spiro atoms. The highest BCUT2D eigenvalue weighted by molar-refractivity contribution is 5.55. The van der Waals surface area contributed by atoms with Crippen molar-refractivity contribution in [2.45, 2.75) is 32.8 Å². The molecule has 0 amide bonds. The Bertz CT molecular complexity index is 635. The maximum absolute atomic E-state index is 9.36. The van der Waals surface area contributed by atoms with Gasteiger partial charge < -0.3 is 19.3 Å². The van der Waals surface area contributed by atoms with Crippen LogP contribution in [-0.2, 0) is 13.2 Å². The molecule has 110 valence electrons. The molecule has 2 aromatic rings. The predicted molar refractivity (Wildman–Crippen MR) is 78.5 cm³/mol. The third kappa shape index (κ3) is 2.95. The Morgan fingerprint density at radius 2 is 1.81 bits per heavy atom. The van der Waals surface area contributed by atoms with Crippen molar-refractivity contribution in [3.63, 3.8) is 0 Å². The van der Waals surface area contributed by atoms with E-state index in [0.29, 0.717) is 23.9 Å². The van der Waals surface area contributed by atoms with Crippen molar-refractivity contribution < 1.29 is 19.3 Å². The van der Waals surface area contributed by atoms with Gasteiger partial charge in [0, 0.05) is 13.8 Å². The van der Waals surface area contributed by atoms with Crippen LogP contribution in [0.15, 0.2) is 42.5 Å². The van der Waals surface area contributed by atoms with Gasteiger partial charge in [0.1, 0.15) is 6.61 Å². The molecule has 21 heavy (non-hydrogen) atoms. The molecule has 0 aromatic heterocycles. The summed E-state index contributed by atoms with van der Waals surface area (Å²) in [6, 6.07) is 13.5. The van der Waals surface area contributed by atoms with Crippen LogP contribution in [0.2, 0.25) is 0 Å². The van der Waals surface area contributed by atoms with Gasteiger partial charge in [-0.3, -0.25) is 0 Å². The summed E-state index contributed by atoms with van der Waals surface area (Å²) < 4.78 is 17.4. The fraction of sp³-hybridized carbons (Fsp3) is 0.294. The minimum absolute atomic E-state index is 0.0707. The zero-order valence-electron chi connectivity index (χ0n) is 12.1. The number of aliphatic hydroxyl groups excluding tert-OH is 1. The Morgan fingerprint density at radius 3 is 2.52 bits per heavy atom. The lowest BCUT2D eigenvalue weighted by Crippen LogP contribution is -2.29. The molecule has 4 heteroatoms. The first-order valence-electron chi connectivity index (χ1n) is 6.90. The molecule has 0 aliphatic carbocycles. The van der Waals surface area contributed by atoms with Crippen molar-refractivity contribution in [1.82, 2.24) is 0 Å². The maximum atomic E-state index is 9.36. The van der Waals surface area contributed by atoms with Crippen molar-refractivity contribution in [3.8, 4) is 17.2 Å². The summed E-state index contributed by atoms with van der Waals surface area (Å²) in [4.78, 5) is 0. The molecule has 1 N–H and O–H groups in total. The Labute approximate surface area is 123 Å². The minimum atomic E-state index is -0.721. The number of rotatable bonds is 4. The van der Waals surface area contributed by atoms with Gasteiger partial charge in [-0.15, -0.1) is 0 Å². The van der Waals surface area contributed by atoms with E-state index in [1.165, 1.54) is 0 Å². The van der Waals surface area contributed by atoms with Crippen LogP contribution in [0.25, 0.3) is 0 Å². The predicted octanol–water partition coefficient (Wildman–Crippen LogP) is 3.27. The second-order valence-electron chi connectivity index (χ2n) is 5.46. The summed E-state index contributed by atoms with van der Waals surface area (Å²) in [6.45, 7) is 4.05. The Morgan fingerprint density at radius 1 is 1.05 bits per heavy atom. The van der Waals surface area contributed by atoms with E-state index in [0.717, 1.165) is 11.1 Å². The summed E-state index contributed by atoms with van der Waals surface area (Å²) in [6.07, 6.45) is 0. The molecule has 2 aromatic carbocycles. The number of benzene rings is 2. The van der Waals surface area contributed by atoms with E-state index >= 15 is 0 Å². The molecule has 0 radical (unpaired) electrons. The van der Waals surface area contributed by atoms with Gasteiger partial charge >= 0.3 is 0 Å². The smallest absolute Gasteiger partial charge is 0.246 e. The van der Waals surface area contributed by atoms with Gasteiger partial charge in [-0.25, -0.2) is 0 Å². The van der Waals surface area contributed by atoms with Crippen molar-refractivity contribution in [2.75, 3.05) is 0 Å². The summed E-state index contributed by atoms with van der Waals surface area (Å²) in [5, 5.41) is 9.36. The van der Waals surface area contributed by atoms with Gasteiger partial charge in [-0.05, 0) is 23.3 Å². The third-order valence-corrected chi connectivity index (χ3v) is 3.20. The summed E-state index contributed by atoms with van der Waals surface area (Å²) in [5.74, 6) is 1.06. The minimum Gasteiger partial charge on any atom is -0.485 e. The van der Waals surface area contributed by atoms with Crippen LogP contribution in [0, 0.1) is 0 Å². The summed E-state index contributed by atoms with van der Waals surface area (Å²) in [7, 11) is 0. The lowest BCUT2D eigenvalue weighted by molar-refractivity contribution is -0.0441. The van der Waals surface area contributed by atoms with E-state index in [-0.39, 0.29) is 6.61 Å². The number of aliphatic hydroxyl groups is 1. The monoisotopic (exact) mass is 286 g/mol. The molecule has 1 heterocycles. The first kappa shape index (κ1) is 13.8. The van der Waals surface area contributed by atoms with Gasteiger partial charge in [-0.2, -0.15) is 0 Å². The second kappa shape index (κ2) is 5.30. The van der Waals surface area contributed by atoms with E-state index in [2.05, 4.69) is 0 Å². The van der Waals surface area contributed by atoms with Crippen molar-refractivity contribution in [2.24, 2.45) is 0 Å². The zero-order valence-corrected chi connectivity index (χ0v) is 12.1. The second-order valence-corrected chi connectivity index (χ2v) is 5.46. The standard InChI is InChI=1S/C17H18O4/c1-17(2)20-15-9-13(10-18)8-14(16(15)21-17)19-11-12-6-4-3-5-7-12/h3-9,18H,10-11H2,1-2H3. The molecule has 0 atom stereocenters. The Hall–Kier alpha value is -2.20. The molecule has 0 unspecified atom stereocenters. The molecule has 0 saturated carbocycles. The molecule has 0 fully saturated rings. The largest absolute Gasteiger partial charge is 0.485 e. The van der Waals surface area contributed by atoms with Crippen LogP contribution < -0.4 is 14.2 Å². The van der Waals surface area contributed by atoms with Crippen molar-refractivity contribution >= 4 is 0 Å². The molecule has 0 bridgehead atoms. The van der Waals surface area contributed by atoms with Crippen molar-refractivity contribution in [3.05, 3.63) is 53.6 Å². The maximum Gasteiger partial charge on any atom is 0.246 e. The Balaban J connectivity index is 1.86. The number of hydrogen-bond donors (Lipinski definition) is 1. The normalized spacial score (nSPS) is 15.0. The van der Waals surface area contributed by atoms with E-state index in [9.17, 15) is 5.11 Å². The first-order chi connectivity index (χ1) is 10.1. The van der Waals surface area contributed by atoms with Crippen LogP contribution in [0.5, 0.6) is 17.2 Å². The molecular weight excluding hydrogens is 268 g/mol. The van der Waals surface area contributed by atoms with E-state index in [4.69, 9.17) is 14.2 Å². The highest BCUT2D eigenvalue weighted by atomic mass is 16.7. The van der Waals surface area contributed by atoms with Crippen molar-refractivity contribution in [1.29, 1.82) is 0 Å². The molecule has 1 aliphatic heterocycles. The average molecular weight is 286 g/mol. The lowest BCUT2D eigenvalue weighted by Gasteiger charge is -2.16. The average Bonchev–Trinajstić information content (AvgIpc) is 2.79. The fourth-order valence-corrected chi connectivity index (χ4v) is 2.27. The SMILES string of the molecule is CC1(C)Oc2cc(CO)cc(OCc3ccccc3)c2O1. The van der Waals surface area contributed by atoms with E-state index in [1.54, 1.807) is 12.1 Å². The lowest BCUT2D eigenvalue weighted by atomic mass is 10.2. The Kier molecular flexibility index (Phi) is 3.47. The molecule has 3 rings (SSSR count). The molecule has 4 nitrogen and oxygen atoms in total. The number of fused-ring (bicyclic) bond motifs is 1. The van der Waals surface area contributed by atoms with Crippen LogP contribution in [-0.4, -0.2) is 10.9 Å². The quantitative estimate of drug-likeness (QED) is 0.937. The zero-order chi connectivity index (χ0) is 14.9. The van der Waals surface area contributed by atoms with E-state index < -0.39 is 5.79 Å². The molecular formula is C17H18O4. The first-order valence-corrected chi connectivity index (χ1v) is 6.90. The van der Waals surface area contributed by atoms with Gasteiger partial charge in [0.05, 0.1) is 6.61 Å². The van der Waals surface area contributed by atoms with Crippen LogP contribution in [0.1, 0.15) is 25.0 Å². The van der Waals surface area contributed by atoms with Gasteiger partial charge in [0.2, 0.25) is 11.5 Å². The third-order valence-electron chi connectivity index (χ3n) is 3.20. The topological polar surface area (TPSA) is 47.9 Å². The molecule has 0 saturated heterocycles. The van der Waals surface area contributed by atoms with Crippen LogP contribution in [0.4, 0.5) is 0 Å². The van der Waals surface area contributed by atoms with Crippen LogP contribution >= 0.6 is 0 Å². The highest BCUT2D eigenvalue weighted by Gasteiger charge is 2.34. The number of ether oxygens (including phenoxy) is 3. The van der Waals surface area contributed by atoms with Gasteiger partial charge in [0.25, 0.3) is 0 Å². The van der Waals surface area contributed by atoms with Crippen LogP contribution in [0.3, 0.4) is 0 Å². The summed E-state index contributed by atoms with van der Waals surface area (Å²) in [5.41, 5.74) is 1.80. The van der Waals surface area contributed by atoms with E-state index in [1.807, 2.05) is 44.2 Å². The fourth-order valence-electron chi connectivity index (χ4n) is 2.27.